The number of nitrogens with zero attached hydrogens (tertiary/aromatic N) is 1. The Labute approximate surface area is 122 Å². The molecular formula is C15H19NO3S. The number of likely N-dealkylation sites (N-methyl/N-ethyl adjacent to an activating group) is 1. The highest BCUT2D eigenvalue weighted by Crippen LogP contribution is 2.28. The van der Waals surface area contributed by atoms with Crippen molar-refractivity contribution < 1.29 is 14.3 Å². The molecule has 5 heteroatoms. The first kappa shape index (κ1) is 15.0. The minimum Gasteiger partial charge on any atom is -0.382 e. The average molecular weight is 293 g/mol. The van der Waals surface area contributed by atoms with Crippen molar-refractivity contribution in [2.75, 3.05) is 45.4 Å². The van der Waals surface area contributed by atoms with E-state index in [1.165, 1.54) is 11.3 Å². The predicted octanol–water partition coefficient (Wildman–Crippen LogP) is 2.81. The molecule has 0 spiro atoms. The summed E-state index contributed by atoms with van der Waals surface area (Å²) in [5.74, 6) is 0. The molecule has 20 heavy (non-hydrogen) atoms. The summed E-state index contributed by atoms with van der Waals surface area (Å²) in [6.07, 6.45) is 0.900. The smallest absolute Gasteiger partial charge is 0.160 e. The van der Waals surface area contributed by atoms with E-state index in [1.54, 1.807) is 7.11 Å². The van der Waals surface area contributed by atoms with E-state index in [4.69, 9.17) is 9.47 Å². The lowest BCUT2D eigenvalue weighted by Crippen LogP contribution is -2.23. The number of carbonyl (C=O) groups excluding carboxylic acids is 1. The first-order chi connectivity index (χ1) is 9.74. The molecule has 0 amide bonds. The van der Waals surface area contributed by atoms with Gasteiger partial charge in [0.2, 0.25) is 0 Å². The first-order valence-corrected chi connectivity index (χ1v) is 7.33. The zero-order valence-electron chi connectivity index (χ0n) is 11.8. The van der Waals surface area contributed by atoms with Gasteiger partial charge in [0.25, 0.3) is 0 Å². The van der Waals surface area contributed by atoms with Crippen LogP contribution in [0.3, 0.4) is 0 Å². The number of anilines is 1. The number of methoxy groups -OCH3 is 1. The standard InChI is InChI=1S/C15H19NO3S/c1-16(5-6-19-8-7-18-2)13-4-3-12-9-14(11-17)20-15(12)10-13/h3-4,9-11H,5-8H2,1-2H3. The lowest BCUT2D eigenvalue weighted by atomic mass is 10.2. The Morgan fingerprint density at radius 1 is 1.25 bits per heavy atom. The SMILES string of the molecule is COCCOCCN(C)c1ccc2cc(C=O)sc2c1. The molecular weight excluding hydrogens is 274 g/mol. The molecule has 0 aliphatic heterocycles. The van der Waals surface area contributed by atoms with Crippen molar-refractivity contribution in [3.63, 3.8) is 0 Å². The summed E-state index contributed by atoms with van der Waals surface area (Å²) in [6, 6.07) is 8.15. The molecule has 1 aromatic carbocycles. The molecule has 0 aliphatic rings. The Bertz CT molecular complexity index is 567. The Balaban J connectivity index is 1.95. The summed E-state index contributed by atoms with van der Waals surface area (Å²) >= 11 is 1.52. The third kappa shape index (κ3) is 3.79. The summed E-state index contributed by atoms with van der Waals surface area (Å²) in [4.78, 5) is 13.7. The van der Waals surface area contributed by atoms with Crippen LogP contribution in [0.4, 0.5) is 5.69 Å². The summed E-state index contributed by atoms with van der Waals surface area (Å²) in [7, 11) is 3.70. The lowest BCUT2D eigenvalue weighted by Gasteiger charge is -2.19. The van der Waals surface area contributed by atoms with Gasteiger partial charge in [0, 0.05) is 31.1 Å². The van der Waals surface area contributed by atoms with Crippen LogP contribution in [0.1, 0.15) is 9.67 Å². The number of benzene rings is 1. The van der Waals surface area contributed by atoms with Crippen molar-refractivity contribution in [1.29, 1.82) is 0 Å². The number of aldehydes is 1. The maximum atomic E-state index is 10.8. The lowest BCUT2D eigenvalue weighted by molar-refractivity contribution is 0.0744. The van der Waals surface area contributed by atoms with E-state index >= 15 is 0 Å². The zero-order chi connectivity index (χ0) is 14.4. The monoisotopic (exact) mass is 293 g/mol. The van der Waals surface area contributed by atoms with Gasteiger partial charge in [0.1, 0.15) is 0 Å². The predicted molar refractivity (Wildman–Crippen MR) is 83.2 cm³/mol. The quantitative estimate of drug-likeness (QED) is 0.554. The highest BCUT2D eigenvalue weighted by molar-refractivity contribution is 7.20. The van der Waals surface area contributed by atoms with Crippen LogP contribution in [0, 0.1) is 0 Å². The Morgan fingerprint density at radius 2 is 2.10 bits per heavy atom. The number of hydrogen-bond acceptors (Lipinski definition) is 5. The van der Waals surface area contributed by atoms with Gasteiger partial charge in [-0.15, -0.1) is 11.3 Å². The second-order valence-electron chi connectivity index (χ2n) is 4.52. The largest absolute Gasteiger partial charge is 0.382 e. The molecule has 1 heterocycles. The van der Waals surface area contributed by atoms with Gasteiger partial charge in [-0.2, -0.15) is 0 Å². The van der Waals surface area contributed by atoms with Crippen LogP contribution in [-0.2, 0) is 9.47 Å². The third-order valence-electron chi connectivity index (χ3n) is 3.08. The maximum Gasteiger partial charge on any atom is 0.160 e. The second-order valence-corrected chi connectivity index (χ2v) is 5.63. The van der Waals surface area contributed by atoms with Gasteiger partial charge in [0.05, 0.1) is 24.7 Å². The van der Waals surface area contributed by atoms with Gasteiger partial charge in [-0.1, -0.05) is 6.07 Å². The van der Waals surface area contributed by atoms with Crippen LogP contribution < -0.4 is 4.90 Å². The van der Waals surface area contributed by atoms with Gasteiger partial charge in [0.15, 0.2) is 6.29 Å². The maximum absolute atomic E-state index is 10.8. The van der Waals surface area contributed by atoms with Crippen molar-refractivity contribution in [3.05, 3.63) is 29.1 Å². The van der Waals surface area contributed by atoms with Crippen molar-refractivity contribution in [3.8, 4) is 0 Å². The van der Waals surface area contributed by atoms with Gasteiger partial charge < -0.3 is 14.4 Å². The second kappa shape index (κ2) is 7.38. The van der Waals surface area contributed by atoms with Gasteiger partial charge in [-0.25, -0.2) is 0 Å². The van der Waals surface area contributed by atoms with E-state index in [2.05, 4.69) is 23.1 Å². The minimum absolute atomic E-state index is 0.622. The Hall–Kier alpha value is -1.43. The fourth-order valence-electron chi connectivity index (χ4n) is 1.91. The molecule has 0 saturated carbocycles. The first-order valence-electron chi connectivity index (χ1n) is 6.51. The number of rotatable bonds is 8. The Kier molecular flexibility index (Phi) is 5.52. The molecule has 4 nitrogen and oxygen atoms in total. The molecule has 0 saturated heterocycles. The number of fused-ring (bicyclic) bond motifs is 1. The highest BCUT2D eigenvalue weighted by Gasteiger charge is 2.05. The van der Waals surface area contributed by atoms with E-state index in [1.807, 2.05) is 13.1 Å². The number of hydrogen-bond donors (Lipinski definition) is 0. The molecule has 0 radical (unpaired) electrons. The number of ether oxygens (including phenoxy) is 2. The minimum atomic E-state index is 0.622. The van der Waals surface area contributed by atoms with Crippen molar-refractivity contribution in [1.82, 2.24) is 0 Å². The molecule has 0 atom stereocenters. The van der Waals surface area contributed by atoms with Gasteiger partial charge >= 0.3 is 0 Å². The Morgan fingerprint density at radius 3 is 2.85 bits per heavy atom. The molecule has 2 rings (SSSR count). The van der Waals surface area contributed by atoms with E-state index in [-0.39, 0.29) is 0 Å². The normalized spacial score (nSPS) is 10.9. The summed E-state index contributed by atoms with van der Waals surface area (Å²) in [5.41, 5.74) is 1.13. The van der Waals surface area contributed by atoms with E-state index in [0.717, 1.165) is 33.5 Å². The fraction of sp³-hybridized carbons (Fsp3) is 0.400. The number of thiophene rings is 1. The molecule has 1 aromatic heterocycles. The third-order valence-corrected chi connectivity index (χ3v) is 4.11. The van der Waals surface area contributed by atoms with Crippen LogP contribution in [0.15, 0.2) is 24.3 Å². The van der Waals surface area contributed by atoms with Crippen LogP contribution in [-0.4, -0.2) is 46.8 Å². The van der Waals surface area contributed by atoms with Crippen LogP contribution >= 0.6 is 11.3 Å². The van der Waals surface area contributed by atoms with Crippen LogP contribution in [0.25, 0.3) is 10.1 Å². The summed E-state index contributed by atoms with van der Waals surface area (Å²) < 4.78 is 11.5. The molecule has 0 fully saturated rings. The summed E-state index contributed by atoms with van der Waals surface area (Å²) in [5, 5.41) is 1.12. The zero-order valence-corrected chi connectivity index (χ0v) is 12.6. The molecule has 108 valence electrons. The molecule has 0 N–H and O–H groups in total. The molecule has 0 aliphatic carbocycles. The highest BCUT2D eigenvalue weighted by atomic mass is 32.1. The van der Waals surface area contributed by atoms with Crippen molar-refractivity contribution in [2.45, 2.75) is 0 Å². The van der Waals surface area contributed by atoms with Gasteiger partial charge in [-0.3, -0.25) is 4.79 Å². The van der Waals surface area contributed by atoms with Crippen LogP contribution in [0.2, 0.25) is 0 Å². The number of carbonyl (C=O) groups is 1. The van der Waals surface area contributed by atoms with E-state index < -0.39 is 0 Å². The van der Waals surface area contributed by atoms with Gasteiger partial charge in [-0.05, 0) is 23.6 Å². The average Bonchev–Trinajstić information content (AvgIpc) is 2.88. The molecule has 0 unspecified atom stereocenters. The topological polar surface area (TPSA) is 38.8 Å². The van der Waals surface area contributed by atoms with Crippen molar-refractivity contribution in [2.24, 2.45) is 0 Å². The molecule has 0 bridgehead atoms. The van der Waals surface area contributed by atoms with Crippen LogP contribution in [0.5, 0.6) is 0 Å². The van der Waals surface area contributed by atoms with Crippen molar-refractivity contribution >= 4 is 33.4 Å². The summed E-state index contributed by atoms with van der Waals surface area (Å²) in [6.45, 7) is 2.74. The van der Waals surface area contributed by atoms with E-state index in [0.29, 0.717) is 19.8 Å². The van der Waals surface area contributed by atoms with E-state index in [9.17, 15) is 4.79 Å². The molecule has 2 aromatic rings. The fourth-order valence-corrected chi connectivity index (χ4v) is 2.82.